The topological polar surface area (TPSA) is 77.9 Å². The smallest absolute Gasteiger partial charge is 0.326 e. The van der Waals surface area contributed by atoms with Crippen LogP contribution in [0.2, 0.25) is 0 Å². The molecule has 1 N–H and O–H groups in total. The summed E-state index contributed by atoms with van der Waals surface area (Å²) in [6.45, 7) is 0.758. The zero-order valence-electron chi connectivity index (χ0n) is 12.4. The second-order valence-corrected chi connectivity index (χ2v) is 6.83. The monoisotopic (exact) mass is 380 g/mol. The van der Waals surface area contributed by atoms with E-state index >= 15 is 0 Å². The predicted octanol–water partition coefficient (Wildman–Crippen LogP) is 1.88. The summed E-state index contributed by atoms with van der Waals surface area (Å²) in [6, 6.07) is 6.61. The van der Waals surface area contributed by atoms with Crippen LogP contribution in [0.1, 0.15) is 19.3 Å². The molecular weight excluding hydrogens is 364 g/mol. The first kappa shape index (κ1) is 16.0. The van der Waals surface area contributed by atoms with Crippen molar-refractivity contribution in [2.24, 2.45) is 5.92 Å². The fraction of sp³-hybridized carbons (Fsp3) is 0.438. The molecular formula is C16H17BrN2O4. The number of amides is 2. The molecule has 2 aliphatic rings. The molecule has 122 valence electrons. The Kier molecular flexibility index (Phi) is 4.39. The Morgan fingerprint density at radius 1 is 1.30 bits per heavy atom. The summed E-state index contributed by atoms with van der Waals surface area (Å²) in [5, 5.41) is 9.21. The molecule has 2 amide bonds. The van der Waals surface area contributed by atoms with Gasteiger partial charge in [0.15, 0.2) is 0 Å². The van der Waals surface area contributed by atoms with Gasteiger partial charge in [0, 0.05) is 29.7 Å². The SMILES string of the molecule is O=C(O)C1CCCN1C(=O)C1CC(=O)N(c2cccc(Br)c2)C1. The summed E-state index contributed by atoms with van der Waals surface area (Å²) < 4.78 is 0.864. The van der Waals surface area contributed by atoms with Crippen molar-refractivity contribution in [1.82, 2.24) is 4.90 Å². The molecule has 2 heterocycles. The Morgan fingerprint density at radius 3 is 2.78 bits per heavy atom. The molecule has 0 spiro atoms. The number of benzene rings is 1. The highest BCUT2D eigenvalue weighted by Crippen LogP contribution is 2.30. The van der Waals surface area contributed by atoms with Crippen LogP contribution in [0, 0.1) is 5.92 Å². The number of nitrogens with zero attached hydrogens (tertiary/aromatic N) is 2. The Morgan fingerprint density at radius 2 is 2.09 bits per heavy atom. The van der Waals surface area contributed by atoms with Crippen molar-refractivity contribution >= 4 is 39.4 Å². The predicted molar refractivity (Wildman–Crippen MR) is 87.0 cm³/mol. The zero-order chi connectivity index (χ0) is 16.6. The zero-order valence-corrected chi connectivity index (χ0v) is 14.0. The van der Waals surface area contributed by atoms with Crippen molar-refractivity contribution in [2.75, 3.05) is 18.0 Å². The van der Waals surface area contributed by atoms with Gasteiger partial charge in [0.25, 0.3) is 0 Å². The molecule has 3 rings (SSSR count). The number of aliphatic carboxylic acids is 1. The van der Waals surface area contributed by atoms with E-state index < -0.39 is 17.9 Å². The molecule has 2 aliphatic heterocycles. The molecule has 2 unspecified atom stereocenters. The molecule has 0 radical (unpaired) electrons. The van der Waals surface area contributed by atoms with Gasteiger partial charge in [-0.05, 0) is 31.0 Å². The van der Waals surface area contributed by atoms with Crippen LogP contribution in [0.5, 0.6) is 0 Å². The van der Waals surface area contributed by atoms with Gasteiger partial charge >= 0.3 is 5.97 Å². The Balaban J connectivity index is 1.74. The van der Waals surface area contributed by atoms with Gasteiger partial charge in [-0.25, -0.2) is 4.79 Å². The van der Waals surface area contributed by atoms with Gasteiger partial charge in [-0.2, -0.15) is 0 Å². The van der Waals surface area contributed by atoms with Gasteiger partial charge in [-0.3, -0.25) is 9.59 Å². The summed E-state index contributed by atoms with van der Waals surface area (Å²) in [5.41, 5.74) is 0.746. The highest BCUT2D eigenvalue weighted by atomic mass is 79.9. The van der Waals surface area contributed by atoms with E-state index in [4.69, 9.17) is 0 Å². The van der Waals surface area contributed by atoms with Gasteiger partial charge in [-0.1, -0.05) is 22.0 Å². The quantitative estimate of drug-likeness (QED) is 0.868. The number of hydrogen-bond acceptors (Lipinski definition) is 3. The lowest BCUT2D eigenvalue weighted by molar-refractivity contribution is -0.149. The van der Waals surface area contributed by atoms with Crippen LogP contribution in [-0.4, -0.2) is 46.9 Å². The van der Waals surface area contributed by atoms with E-state index in [2.05, 4.69) is 15.9 Å². The maximum absolute atomic E-state index is 12.6. The van der Waals surface area contributed by atoms with E-state index in [1.807, 2.05) is 24.3 Å². The summed E-state index contributed by atoms with van der Waals surface area (Å²) in [7, 11) is 0. The third kappa shape index (κ3) is 3.10. The van der Waals surface area contributed by atoms with E-state index in [-0.39, 0.29) is 18.2 Å². The second-order valence-electron chi connectivity index (χ2n) is 5.91. The minimum atomic E-state index is -0.969. The molecule has 23 heavy (non-hydrogen) atoms. The lowest BCUT2D eigenvalue weighted by Gasteiger charge is -2.24. The number of hydrogen-bond donors (Lipinski definition) is 1. The van der Waals surface area contributed by atoms with Gasteiger partial charge in [0.05, 0.1) is 5.92 Å². The molecule has 7 heteroatoms. The summed E-state index contributed by atoms with van der Waals surface area (Å²) in [4.78, 5) is 39.1. The number of likely N-dealkylation sites (tertiary alicyclic amines) is 1. The third-order valence-corrected chi connectivity index (χ3v) is 4.91. The highest BCUT2D eigenvalue weighted by Gasteiger charge is 2.42. The fourth-order valence-electron chi connectivity index (χ4n) is 3.29. The molecule has 2 saturated heterocycles. The maximum atomic E-state index is 12.6. The van der Waals surface area contributed by atoms with E-state index in [1.54, 1.807) is 4.90 Å². The minimum Gasteiger partial charge on any atom is -0.480 e. The lowest BCUT2D eigenvalue weighted by atomic mass is 10.1. The van der Waals surface area contributed by atoms with Crippen molar-refractivity contribution in [3.05, 3.63) is 28.7 Å². The second kappa shape index (κ2) is 6.31. The summed E-state index contributed by atoms with van der Waals surface area (Å²) in [5.74, 6) is -1.77. The first-order valence-electron chi connectivity index (χ1n) is 7.56. The van der Waals surface area contributed by atoms with Gasteiger partial charge in [0.1, 0.15) is 6.04 Å². The molecule has 0 saturated carbocycles. The molecule has 0 bridgehead atoms. The summed E-state index contributed by atoms with van der Waals surface area (Å²) >= 11 is 3.37. The van der Waals surface area contributed by atoms with E-state index in [9.17, 15) is 19.5 Å². The Bertz CT molecular complexity index is 663. The van der Waals surface area contributed by atoms with Crippen molar-refractivity contribution in [3.8, 4) is 0 Å². The highest BCUT2D eigenvalue weighted by molar-refractivity contribution is 9.10. The van der Waals surface area contributed by atoms with E-state index in [0.29, 0.717) is 25.9 Å². The van der Waals surface area contributed by atoms with Crippen LogP contribution >= 0.6 is 15.9 Å². The van der Waals surface area contributed by atoms with E-state index in [1.165, 1.54) is 4.90 Å². The molecule has 0 aliphatic carbocycles. The fourth-order valence-corrected chi connectivity index (χ4v) is 3.68. The van der Waals surface area contributed by atoms with Crippen LogP contribution in [0.4, 0.5) is 5.69 Å². The first-order chi connectivity index (χ1) is 11.0. The van der Waals surface area contributed by atoms with Crippen molar-refractivity contribution in [1.29, 1.82) is 0 Å². The van der Waals surface area contributed by atoms with Crippen molar-refractivity contribution < 1.29 is 19.5 Å². The largest absolute Gasteiger partial charge is 0.480 e. The average Bonchev–Trinajstić information content (AvgIpc) is 3.13. The van der Waals surface area contributed by atoms with Crippen LogP contribution in [0.3, 0.4) is 0 Å². The maximum Gasteiger partial charge on any atom is 0.326 e. The standard InChI is InChI=1S/C16H17BrN2O4/c17-11-3-1-4-12(8-11)19-9-10(7-14(19)20)15(21)18-6-2-5-13(18)16(22)23/h1,3-4,8,10,13H,2,5-7,9H2,(H,22,23). The number of rotatable bonds is 3. The number of carbonyl (C=O) groups is 3. The van der Waals surface area contributed by atoms with Gasteiger partial charge in [-0.15, -0.1) is 0 Å². The Labute approximate surface area is 142 Å². The van der Waals surface area contributed by atoms with Crippen molar-refractivity contribution in [2.45, 2.75) is 25.3 Å². The van der Waals surface area contributed by atoms with Crippen LogP contribution in [0.15, 0.2) is 28.7 Å². The first-order valence-corrected chi connectivity index (χ1v) is 8.36. The Hall–Kier alpha value is -1.89. The van der Waals surface area contributed by atoms with Crippen LogP contribution in [-0.2, 0) is 14.4 Å². The molecule has 0 aromatic heterocycles. The molecule has 6 nitrogen and oxygen atoms in total. The van der Waals surface area contributed by atoms with Gasteiger partial charge in [0.2, 0.25) is 11.8 Å². The van der Waals surface area contributed by atoms with Crippen LogP contribution in [0.25, 0.3) is 0 Å². The number of anilines is 1. The average molecular weight is 381 g/mol. The number of carbonyl (C=O) groups excluding carboxylic acids is 2. The normalized spacial score (nSPS) is 24.3. The molecule has 2 atom stereocenters. The number of halogens is 1. The summed E-state index contributed by atoms with van der Waals surface area (Å²) in [6.07, 6.45) is 1.31. The molecule has 1 aromatic carbocycles. The van der Waals surface area contributed by atoms with Crippen LogP contribution < -0.4 is 4.90 Å². The number of carboxylic acids is 1. The third-order valence-electron chi connectivity index (χ3n) is 4.42. The van der Waals surface area contributed by atoms with E-state index in [0.717, 1.165) is 10.2 Å². The number of carboxylic acid groups (broad SMARTS) is 1. The van der Waals surface area contributed by atoms with Gasteiger partial charge < -0.3 is 14.9 Å². The minimum absolute atomic E-state index is 0.104. The molecule has 2 fully saturated rings. The molecule has 1 aromatic rings. The lowest BCUT2D eigenvalue weighted by Crippen LogP contribution is -2.44. The van der Waals surface area contributed by atoms with Crippen molar-refractivity contribution in [3.63, 3.8) is 0 Å².